The van der Waals surface area contributed by atoms with Gasteiger partial charge in [0, 0.05) is 18.1 Å². The first-order chi connectivity index (χ1) is 7.86. The first-order valence-electron chi connectivity index (χ1n) is 5.03. The molecule has 0 saturated carbocycles. The Morgan fingerprint density at radius 1 is 1.25 bits per heavy atom. The maximum absolute atomic E-state index is 5.27. The highest BCUT2D eigenvalue weighted by Crippen LogP contribution is 2.26. The zero-order valence-corrected chi connectivity index (χ0v) is 9.36. The second-order valence-electron chi connectivity index (χ2n) is 3.35. The minimum absolute atomic E-state index is 0.642. The van der Waals surface area contributed by atoms with Crippen molar-refractivity contribution in [1.29, 1.82) is 0 Å². The van der Waals surface area contributed by atoms with E-state index in [9.17, 15) is 0 Å². The Morgan fingerprint density at radius 3 is 2.88 bits per heavy atom. The van der Waals surface area contributed by atoms with Crippen molar-refractivity contribution in [3.63, 3.8) is 0 Å². The number of fused-ring (bicyclic) bond motifs is 1. The molecule has 84 valence electrons. The molecule has 4 heteroatoms. The van der Waals surface area contributed by atoms with Crippen molar-refractivity contribution in [3.8, 4) is 5.75 Å². The monoisotopic (exact) mass is 218 g/mol. The molecule has 1 N–H and O–H groups in total. The number of methoxy groups -OCH3 is 1. The van der Waals surface area contributed by atoms with E-state index in [1.54, 1.807) is 20.4 Å². The summed E-state index contributed by atoms with van der Waals surface area (Å²) in [5.74, 6) is 0.789. The molecule has 0 fully saturated rings. The molecule has 0 unspecified atom stereocenters. The lowest BCUT2D eigenvalue weighted by Gasteiger charge is -2.09. The van der Waals surface area contributed by atoms with Crippen molar-refractivity contribution >= 4 is 10.9 Å². The molecule has 1 aromatic carbocycles. The van der Waals surface area contributed by atoms with Gasteiger partial charge in [-0.1, -0.05) is 12.1 Å². The number of hydroxylamine groups is 1. The van der Waals surface area contributed by atoms with Gasteiger partial charge in [0.25, 0.3) is 0 Å². The van der Waals surface area contributed by atoms with E-state index in [-0.39, 0.29) is 0 Å². The van der Waals surface area contributed by atoms with Crippen molar-refractivity contribution < 1.29 is 9.57 Å². The number of nitrogens with one attached hydrogen (secondary N) is 1. The lowest BCUT2D eigenvalue weighted by atomic mass is 10.1. The van der Waals surface area contributed by atoms with Crippen LogP contribution < -0.4 is 10.2 Å². The highest BCUT2D eigenvalue weighted by Gasteiger charge is 2.06. The van der Waals surface area contributed by atoms with Crippen molar-refractivity contribution in [1.82, 2.24) is 10.5 Å². The van der Waals surface area contributed by atoms with Crippen LogP contribution in [0.1, 0.15) is 5.56 Å². The number of benzene rings is 1. The third-order valence-electron chi connectivity index (χ3n) is 2.45. The molecule has 0 spiro atoms. The standard InChI is InChI=1S/C12H14N2O2/c1-15-11-6-5-9(8-14-16-2)10-4-3-7-13-12(10)11/h3-7,14H,8H2,1-2H3. The fraction of sp³-hybridized carbons (Fsp3) is 0.250. The Bertz CT molecular complexity index is 485. The minimum Gasteiger partial charge on any atom is -0.494 e. The molecule has 4 nitrogen and oxygen atoms in total. The Labute approximate surface area is 94.2 Å². The number of hydrogen-bond donors (Lipinski definition) is 1. The average Bonchev–Trinajstić information content (AvgIpc) is 2.36. The number of aromatic nitrogens is 1. The van der Waals surface area contributed by atoms with Crippen molar-refractivity contribution in [2.24, 2.45) is 0 Å². The molecule has 0 saturated heterocycles. The minimum atomic E-state index is 0.642. The van der Waals surface area contributed by atoms with Gasteiger partial charge in [0.2, 0.25) is 0 Å². The number of ether oxygens (including phenoxy) is 1. The summed E-state index contributed by atoms with van der Waals surface area (Å²) in [6.45, 7) is 0.642. The van der Waals surface area contributed by atoms with Gasteiger partial charge in [0.05, 0.1) is 14.2 Å². The van der Waals surface area contributed by atoms with Gasteiger partial charge < -0.3 is 9.57 Å². The SMILES string of the molecule is CONCc1ccc(OC)c2ncccc12. The topological polar surface area (TPSA) is 43.4 Å². The third-order valence-corrected chi connectivity index (χ3v) is 2.45. The lowest BCUT2D eigenvalue weighted by molar-refractivity contribution is 0.0870. The van der Waals surface area contributed by atoms with E-state index in [2.05, 4.69) is 10.5 Å². The lowest BCUT2D eigenvalue weighted by Crippen LogP contribution is -2.11. The van der Waals surface area contributed by atoms with E-state index in [1.165, 1.54) is 0 Å². The van der Waals surface area contributed by atoms with Crippen LogP contribution in [-0.4, -0.2) is 19.2 Å². The highest BCUT2D eigenvalue weighted by molar-refractivity contribution is 5.87. The predicted octanol–water partition coefficient (Wildman–Crippen LogP) is 1.89. The van der Waals surface area contributed by atoms with Crippen LogP contribution in [0.25, 0.3) is 10.9 Å². The van der Waals surface area contributed by atoms with Gasteiger partial charge in [0.15, 0.2) is 0 Å². The molecular formula is C12H14N2O2. The molecule has 0 aliphatic heterocycles. The van der Waals surface area contributed by atoms with Crippen LogP contribution in [0.3, 0.4) is 0 Å². The number of nitrogens with zero attached hydrogens (tertiary/aromatic N) is 1. The third kappa shape index (κ3) is 1.98. The van der Waals surface area contributed by atoms with Crippen LogP contribution in [0.5, 0.6) is 5.75 Å². The second-order valence-corrected chi connectivity index (χ2v) is 3.35. The molecule has 2 rings (SSSR count). The smallest absolute Gasteiger partial charge is 0.145 e. The fourth-order valence-electron chi connectivity index (χ4n) is 1.67. The van der Waals surface area contributed by atoms with Crippen LogP contribution in [0, 0.1) is 0 Å². The molecule has 1 heterocycles. The van der Waals surface area contributed by atoms with Gasteiger partial charge in [-0.15, -0.1) is 0 Å². The summed E-state index contributed by atoms with van der Waals surface area (Å²) in [6.07, 6.45) is 1.76. The van der Waals surface area contributed by atoms with Crippen LogP contribution in [-0.2, 0) is 11.4 Å². The van der Waals surface area contributed by atoms with Crippen molar-refractivity contribution in [3.05, 3.63) is 36.0 Å². The van der Waals surface area contributed by atoms with E-state index in [0.717, 1.165) is 22.2 Å². The molecule has 0 atom stereocenters. The molecule has 16 heavy (non-hydrogen) atoms. The summed E-state index contributed by atoms with van der Waals surface area (Å²) in [7, 11) is 3.25. The number of pyridine rings is 1. The molecule has 2 aromatic rings. The maximum Gasteiger partial charge on any atom is 0.145 e. The second kappa shape index (κ2) is 4.92. The van der Waals surface area contributed by atoms with E-state index in [4.69, 9.17) is 9.57 Å². The zero-order chi connectivity index (χ0) is 11.4. The zero-order valence-electron chi connectivity index (χ0n) is 9.36. The molecule has 0 radical (unpaired) electrons. The van der Waals surface area contributed by atoms with E-state index in [0.29, 0.717) is 6.54 Å². The summed E-state index contributed by atoms with van der Waals surface area (Å²) in [6, 6.07) is 7.87. The van der Waals surface area contributed by atoms with E-state index >= 15 is 0 Å². The fourth-order valence-corrected chi connectivity index (χ4v) is 1.67. The summed E-state index contributed by atoms with van der Waals surface area (Å²) in [5, 5.41) is 1.08. The molecule has 0 bridgehead atoms. The normalized spacial score (nSPS) is 10.6. The summed E-state index contributed by atoms with van der Waals surface area (Å²) < 4.78 is 5.27. The molecule has 0 amide bonds. The Morgan fingerprint density at radius 2 is 2.12 bits per heavy atom. The molecule has 0 aliphatic carbocycles. The van der Waals surface area contributed by atoms with Gasteiger partial charge in [0.1, 0.15) is 11.3 Å². The quantitative estimate of drug-likeness (QED) is 0.796. The van der Waals surface area contributed by atoms with Crippen molar-refractivity contribution in [2.75, 3.05) is 14.2 Å². The summed E-state index contributed by atoms with van der Waals surface area (Å²) >= 11 is 0. The highest BCUT2D eigenvalue weighted by atomic mass is 16.6. The number of rotatable bonds is 4. The van der Waals surface area contributed by atoms with Gasteiger partial charge in [-0.25, -0.2) is 0 Å². The Balaban J connectivity index is 2.51. The first kappa shape index (κ1) is 10.9. The van der Waals surface area contributed by atoms with Gasteiger partial charge >= 0.3 is 0 Å². The Kier molecular flexibility index (Phi) is 3.34. The summed E-state index contributed by atoms with van der Waals surface area (Å²) in [4.78, 5) is 9.18. The van der Waals surface area contributed by atoms with E-state index < -0.39 is 0 Å². The van der Waals surface area contributed by atoms with Crippen LogP contribution in [0.2, 0.25) is 0 Å². The van der Waals surface area contributed by atoms with Crippen molar-refractivity contribution in [2.45, 2.75) is 6.54 Å². The summed E-state index contributed by atoms with van der Waals surface area (Å²) in [5.41, 5.74) is 4.83. The molecule has 1 aromatic heterocycles. The average molecular weight is 218 g/mol. The number of hydrogen-bond acceptors (Lipinski definition) is 4. The van der Waals surface area contributed by atoms with Crippen LogP contribution in [0.4, 0.5) is 0 Å². The van der Waals surface area contributed by atoms with Gasteiger partial charge in [-0.2, -0.15) is 5.48 Å². The first-order valence-corrected chi connectivity index (χ1v) is 5.03. The maximum atomic E-state index is 5.27. The Hall–Kier alpha value is -1.65. The van der Waals surface area contributed by atoms with Gasteiger partial charge in [-0.3, -0.25) is 4.98 Å². The molecule has 0 aliphatic rings. The largest absolute Gasteiger partial charge is 0.494 e. The predicted molar refractivity (Wildman–Crippen MR) is 62.1 cm³/mol. The van der Waals surface area contributed by atoms with Crippen LogP contribution >= 0.6 is 0 Å². The van der Waals surface area contributed by atoms with Crippen LogP contribution in [0.15, 0.2) is 30.5 Å². The molecular weight excluding hydrogens is 204 g/mol. The van der Waals surface area contributed by atoms with E-state index in [1.807, 2.05) is 24.3 Å². The van der Waals surface area contributed by atoms with Gasteiger partial charge in [-0.05, 0) is 17.7 Å².